The lowest BCUT2D eigenvalue weighted by molar-refractivity contribution is -0.143. The monoisotopic (exact) mass is 1220 g/mol. The molecule has 4 aromatic carbocycles. The van der Waals surface area contributed by atoms with Crippen LogP contribution in [-0.4, -0.2) is 154 Å². The maximum absolute atomic E-state index is 14.7. The van der Waals surface area contributed by atoms with Gasteiger partial charge in [-0.2, -0.15) is 12.6 Å². The molecule has 0 aromatic heterocycles. The number of carboxylic acids is 3. The third-order valence-electron chi connectivity index (χ3n) is 13.9. The molecule has 87 heavy (non-hydrogen) atoms. The minimum absolute atomic E-state index is 0.0137. The minimum atomic E-state index is -1.67. The molecular weight excluding hydrogens is 1140 g/mol. The number of rotatable bonds is 40. The van der Waals surface area contributed by atoms with Crippen molar-refractivity contribution in [1.82, 2.24) is 42.5 Å². The molecular formula is C61H81N11O14S. The van der Waals surface area contributed by atoms with Crippen LogP contribution in [-0.2, 0) is 78.4 Å². The molecule has 0 radical (unpaired) electrons. The highest BCUT2D eigenvalue weighted by atomic mass is 32.1. The van der Waals surface area contributed by atoms with E-state index in [4.69, 9.17) is 17.2 Å². The fraction of sp³-hybridized carbons (Fsp3) is 0.426. The predicted molar refractivity (Wildman–Crippen MR) is 325 cm³/mol. The van der Waals surface area contributed by atoms with Crippen molar-refractivity contribution in [2.45, 2.75) is 144 Å². The van der Waals surface area contributed by atoms with Crippen molar-refractivity contribution < 1.29 is 68.1 Å². The van der Waals surface area contributed by atoms with Crippen LogP contribution in [0.1, 0.15) is 86.5 Å². The number of nitrogens with two attached hydrogens (primary N) is 3. The number of hydrogen-bond donors (Lipinski definition) is 15. The second kappa shape index (κ2) is 38.4. The second-order valence-corrected chi connectivity index (χ2v) is 21.2. The molecule has 0 unspecified atom stereocenters. The van der Waals surface area contributed by atoms with Crippen LogP contribution in [0.25, 0.3) is 0 Å². The molecule has 0 aliphatic carbocycles. The zero-order valence-electron chi connectivity index (χ0n) is 48.3. The molecule has 0 aliphatic rings. The number of nitrogens with one attached hydrogen (secondary N) is 8. The second-order valence-electron chi connectivity index (χ2n) is 20.8. The SMILES string of the molecule is NCCCC[C@H](NC(=O)[C@H](Cc1ccccc1)NC(=O)[C@H](CCC(=O)O)NC(=O)[C@H](Cc1ccccc1)NC(=O)[C@H](CCCCN)NC(=O)[C@H](Cc1ccccc1)NC(=O)[C@@H](N)CS)C(=O)N[C@@H](Cc1ccccc1)C(=O)N[C@@H](CCC(=O)O)C(=O)O. The quantitative estimate of drug-likeness (QED) is 0.0208. The summed E-state index contributed by atoms with van der Waals surface area (Å²) in [7, 11) is 0. The molecule has 9 atom stereocenters. The molecule has 0 heterocycles. The van der Waals surface area contributed by atoms with Crippen LogP contribution in [0.15, 0.2) is 121 Å². The van der Waals surface area contributed by atoms with Gasteiger partial charge in [-0.05, 0) is 86.7 Å². The van der Waals surface area contributed by atoms with Crippen LogP contribution in [0.4, 0.5) is 0 Å². The van der Waals surface area contributed by atoms with Gasteiger partial charge in [0.05, 0.1) is 6.04 Å². The molecule has 0 fully saturated rings. The highest BCUT2D eigenvalue weighted by Gasteiger charge is 2.36. The van der Waals surface area contributed by atoms with E-state index in [9.17, 15) is 68.1 Å². The van der Waals surface area contributed by atoms with Crippen LogP contribution < -0.4 is 59.7 Å². The molecule has 26 heteroatoms. The minimum Gasteiger partial charge on any atom is -0.481 e. The Hall–Kier alpha value is -8.72. The van der Waals surface area contributed by atoms with Gasteiger partial charge in [0.25, 0.3) is 0 Å². The largest absolute Gasteiger partial charge is 0.481 e. The standard InChI is InChI=1S/C61H81N11O14S/c62-31-15-13-25-43(65-57(81)47(69-53(77)42(64)37-87)33-38-17-5-1-6-18-38)54(78)70-49(35-40-21-9-3-10-22-40)59(83)67-45(27-29-51(73)74)56(80)72-48(34-39-19-7-2-8-20-39)58(82)66-44(26-14-16-32-63)55(79)71-50(36-41-23-11-4-12-24-41)60(84)68-46(61(85)86)28-30-52(75)76/h1-12,17-24,42-50,87H,13-16,25-37,62-64H2,(H,65,81)(H,66,82)(H,67,83)(H,68,84)(H,69,77)(H,70,78)(H,71,79)(H,72,80)(H,73,74)(H,75,76)(H,85,86)/t42-,43-,44-,45-,46-,47-,48-,49-,50-/m0/s1. The molecule has 0 spiro atoms. The lowest BCUT2D eigenvalue weighted by Crippen LogP contribution is -2.61. The number of carboxylic acid groups (broad SMARTS) is 3. The summed E-state index contributed by atoms with van der Waals surface area (Å²) < 4.78 is 0. The van der Waals surface area contributed by atoms with Gasteiger partial charge in [0, 0.05) is 44.3 Å². The average Bonchev–Trinajstić information content (AvgIpc) is 3.25. The summed E-state index contributed by atoms with van der Waals surface area (Å²) in [5.74, 6) is -11.1. The van der Waals surface area contributed by atoms with Crippen LogP contribution in [0, 0.1) is 0 Å². The first-order valence-electron chi connectivity index (χ1n) is 28.7. The lowest BCUT2D eigenvalue weighted by atomic mass is 10.0. The molecule has 17 N–H and O–H groups in total. The van der Waals surface area contributed by atoms with Crippen molar-refractivity contribution in [3.8, 4) is 0 Å². The van der Waals surface area contributed by atoms with Crippen LogP contribution >= 0.6 is 12.6 Å². The van der Waals surface area contributed by atoms with E-state index < -0.39 is 145 Å². The van der Waals surface area contributed by atoms with Gasteiger partial charge in [0.15, 0.2) is 0 Å². The fourth-order valence-electron chi connectivity index (χ4n) is 9.09. The third-order valence-corrected chi connectivity index (χ3v) is 14.3. The molecule has 0 bridgehead atoms. The Morgan fingerprint density at radius 1 is 0.345 bits per heavy atom. The number of benzene rings is 4. The molecule has 4 aromatic rings. The van der Waals surface area contributed by atoms with Crippen molar-refractivity contribution in [1.29, 1.82) is 0 Å². The molecule has 0 saturated carbocycles. The first kappa shape index (κ1) is 70.8. The van der Waals surface area contributed by atoms with Gasteiger partial charge in [0.2, 0.25) is 47.3 Å². The summed E-state index contributed by atoms with van der Waals surface area (Å²) in [6.07, 6.45) is -1.30. The van der Waals surface area contributed by atoms with Crippen molar-refractivity contribution in [2.75, 3.05) is 18.8 Å². The van der Waals surface area contributed by atoms with E-state index in [2.05, 4.69) is 55.2 Å². The van der Waals surface area contributed by atoms with Crippen molar-refractivity contribution in [2.24, 2.45) is 17.2 Å². The van der Waals surface area contributed by atoms with E-state index >= 15 is 0 Å². The molecule has 25 nitrogen and oxygen atoms in total. The summed E-state index contributed by atoms with van der Waals surface area (Å²) >= 11 is 4.11. The van der Waals surface area contributed by atoms with Gasteiger partial charge in [0.1, 0.15) is 48.3 Å². The Morgan fingerprint density at radius 3 is 0.851 bits per heavy atom. The molecule has 0 saturated heterocycles. The van der Waals surface area contributed by atoms with Gasteiger partial charge in [-0.15, -0.1) is 0 Å². The number of hydrogen-bond acceptors (Lipinski definition) is 15. The number of carbonyl (C=O) groups excluding carboxylic acids is 8. The number of unbranched alkanes of at least 4 members (excludes halogenated alkanes) is 2. The zero-order chi connectivity index (χ0) is 63.7. The van der Waals surface area contributed by atoms with Gasteiger partial charge in [-0.25, -0.2) is 4.79 Å². The maximum atomic E-state index is 14.7. The first-order valence-corrected chi connectivity index (χ1v) is 29.4. The Morgan fingerprint density at radius 2 is 0.586 bits per heavy atom. The first-order chi connectivity index (χ1) is 41.7. The van der Waals surface area contributed by atoms with Crippen LogP contribution in [0.2, 0.25) is 0 Å². The van der Waals surface area contributed by atoms with E-state index in [-0.39, 0.29) is 63.8 Å². The van der Waals surface area contributed by atoms with E-state index in [0.29, 0.717) is 41.5 Å². The highest BCUT2D eigenvalue weighted by Crippen LogP contribution is 2.14. The smallest absolute Gasteiger partial charge is 0.326 e. The van der Waals surface area contributed by atoms with Crippen molar-refractivity contribution in [3.05, 3.63) is 144 Å². The van der Waals surface area contributed by atoms with Gasteiger partial charge in [-0.1, -0.05) is 121 Å². The van der Waals surface area contributed by atoms with Crippen LogP contribution in [0.5, 0.6) is 0 Å². The van der Waals surface area contributed by atoms with Crippen LogP contribution in [0.3, 0.4) is 0 Å². The Kier molecular flexibility index (Phi) is 31.2. The summed E-state index contributed by atoms with van der Waals surface area (Å²) in [4.78, 5) is 150. The lowest BCUT2D eigenvalue weighted by Gasteiger charge is -2.28. The Labute approximate surface area is 510 Å². The third kappa shape index (κ3) is 26.2. The molecule has 470 valence electrons. The van der Waals surface area contributed by atoms with Gasteiger partial charge < -0.3 is 75.1 Å². The maximum Gasteiger partial charge on any atom is 0.326 e. The molecule has 8 amide bonds. The molecule has 0 aliphatic heterocycles. The van der Waals surface area contributed by atoms with E-state index in [1.165, 1.54) is 0 Å². The number of amides is 8. The zero-order valence-corrected chi connectivity index (χ0v) is 49.2. The fourth-order valence-corrected chi connectivity index (χ4v) is 9.26. The number of carbonyl (C=O) groups is 11. The Balaban J connectivity index is 1.67. The van der Waals surface area contributed by atoms with Crippen molar-refractivity contribution in [3.63, 3.8) is 0 Å². The van der Waals surface area contributed by atoms with E-state index in [1.807, 2.05) is 0 Å². The normalized spacial score (nSPS) is 14.1. The van der Waals surface area contributed by atoms with Gasteiger partial charge in [-0.3, -0.25) is 47.9 Å². The summed E-state index contributed by atoms with van der Waals surface area (Å²) in [6, 6.07) is 21.3. The summed E-state index contributed by atoms with van der Waals surface area (Å²) in [6.45, 7) is 0.456. The van der Waals surface area contributed by atoms with E-state index in [1.54, 1.807) is 121 Å². The molecule has 4 rings (SSSR count). The average molecular weight is 1220 g/mol. The summed E-state index contributed by atoms with van der Waals surface area (Å²) in [5, 5.41) is 49.9. The van der Waals surface area contributed by atoms with Gasteiger partial charge >= 0.3 is 17.9 Å². The predicted octanol–water partition coefficient (Wildman–Crippen LogP) is 0.165. The number of thiol groups is 1. The number of aliphatic carboxylic acids is 3. The Bertz CT molecular complexity index is 2880. The van der Waals surface area contributed by atoms with E-state index in [0.717, 1.165) is 0 Å². The highest BCUT2D eigenvalue weighted by molar-refractivity contribution is 7.80. The van der Waals surface area contributed by atoms with Crippen molar-refractivity contribution >= 4 is 77.8 Å². The summed E-state index contributed by atoms with van der Waals surface area (Å²) in [5.41, 5.74) is 19.9. The topological polar surface area (TPSA) is 423 Å².